The van der Waals surface area contributed by atoms with Crippen molar-refractivity contribution in [3.63, 3.8) is 0 Å². The molecule has 0 amide bonds. The van der Waals surface area contributed by atoms with E-state index in [1.54, 1.807) is 4.90 Å². The lowest BCUT2D eigenvalue weighted by Gasteiger charge is -2.15. The summed E-state index contributed by atoms with van der Waals surface area (Å²) < 4.78 is 5.16. The lowest BCUT2D eigenvalue weighted by molar-refractivity contribution is 0.255. The van der Waals surface area contributed by atoms with E-state index in [0.717, 1.165) is 6.42 Å². The lowest BCUT2D eigenvalue weighted by Crippen LogP contribution is -2.22. The summed E-state index contributed by atoms with van der Waals surface area (Å²) in [7, 11) is 5.63. The van der Waals surface area contributed by atoms with Crippen LogP contribution in [0.2, 0.25) is 0 Å². The second-order valence-electron chi connectivity index (χ2n) is 4.93. The molecule has 9 nitrogen and oxygen atoms in total. The van der Waals surface area contributed by atoms with Crippen LogP contribution >= 0.6 is 0 Å². The van der Waals surface area contributed by atoms with E-state index in [1.807, 2.05) is 33.0 Å². The van der Waals surface area contributed by atoms with E-state index < -0.39 is 0 Å². The van der Waals surface area contributed by atoms with Gasteiger partial charge in [0, 0.05) is 20.5 Å². The summed E-state index contributed by atoms with van der Waals surface area (Å²) in [6.45, 7) is 3.02. The predicted molar refractivity (Wildman–Crippen MR) is 77.4 cm³/mol. The molecule has 2 aromatic rings. The van der Waals surface area contributed by atoms with Gasteiger partial charge in [0.15, 0.2) is 5.82 Å². The van der Waals surface area contributed by atoms with Gasteiger partial charge in [-0.3, -0.25) is 4.90 Å². The number of hydrogen-bond acceptors (Lipinski definition) is 9. The third kappa shape index (κ3) is 4.09. The van der Waals surface area contributed by atoms with Crippen LogP contribution in [0.15, 0.2) is 4.52 Å². The molecule has 114 valence electrons. The van der Waals surface area contributed by atoms with Crippen LogP contribution in [0, 0.1) is 0 Å². The standard InChI is InChI=1S/C12H20N8O/c1-5-8-14-10(21-18-8)7-20(4)6-9-15-11(13)17-12(16-9)19(2)3/h5-7H2,1-4H3,(H2,13,15,16,17). The van der Waals surface area contributed by atoms with Crippen molar-refractivity contribution < 1.29 is 4.52 Å². The predicted octanol–water partition coefficient (Wildman–Crippen LogP) is 0.0972. The van der Waals surface area contributed by atoms with Gasteiger partial charge in [0.25, 0.3) is 0 Å². The first-order valence-electron chi connectivity index (χ1n) is 6.65. The summed E-state index contributed by atoms with van der Waals surface area (Å²) in [6, 6.07) is 0. The Bertz CT molecular complexity index is 597. The minimum atomic E-state index is 0.211. The Hall–Kier alpha value is -2.29. The molecule has 21 heavy (non-hydrogen) atoms. The highest BCUT2D eigenvalue weighted by atomic mass is 16.5. The van der Waals surface area contributed by atoms with Gasteiger partial charge in [0.2, 0.25) is 17.8 Å². The van der Waals surface area contributed by atoms with Crippen LogP contribution in [-0.2, 0) is 19.5 Å². The third-order valence-electron chi connectivity index (χ3n) is 2.73. The van der Waals surface area contributed by atoms with Crippen molar-refractivity contribution in [1.29, 1.82) is 0 Å². The summed E-state index contributed by atoms with van der Waals surface area (Å²) in [5.41, 5.74) is 5.70. The van der Waals surface area contributed by atoms with E-state index in [0.29, 0.717) is 36.6 Å². The molecule has 0 aliphatic rings. The molecule has 0 aromatic carbocycles. The molecular formula is C12H20N8O. The first kappa shape index (κ1) is 15.1. The minimum absolute atomic E-state index is 0.211. The maximum atomic E-state index is 5.70. The molecule has 0 aliphatic carbocycles. The quantitative estimate of drug-likeness (QED) is 0.792. The second-order valence-corrected chi connectivity index (χ2v) is 4.93. The molecule has 2 heterocycles. The minimum Gasteiger partial charge on any atom is -0.368 e. The van der Waals surface area contributed by atoms with Gasteiger partial charge in [-0.25, -0.2) is 0 Å². The van der Waals surface area contributed by atoms with Crippen LogP contribution in [-0.4, -0.2) is 51.1 Å². The number of aromatic nitrogens is 5. The number of nitrogens with two attached hydrogens (primary N) is 1. The third-order valence-corrected chi connectivity index (χ3v) is 2.73. The largest absolute Gasteiger partial charge is 0.368 e. The van der Waals surface area contributed by atoms with E-state index in [-0.39, 0.29) is 5.95 Å². The van der Waals surface area contributed by atoms with E-state index >= 15 is 0 Å². The average Bonchev–Trinajstić information content (AvgIpc) is 2.85. The molecule has 2 aromatic heterocycles. The zero-order valence-corrected chi connectivity index (χ0v) is 12.7. The van der Waals surface area contributed by atoms with Gasteiger partial charge >= 0.3 is 0 Å². The van der Waals surface area contributed by atoms with Gasteiger partial charge in [-0.1, -0.05) is 12.1 Å². The van der Waals surface area contributed by atoms with E-state index in [9.17, 15) is 0 Å². The van der Waals surface area contributed by atoms with Crippen molar-refractivity contribution in [2.24, 2.45) is 0 Å². The fourth-order valence-corrected chi connectivity index (χ4v) is 1.72. The number of nitrogens with zero attached hydrogens (tertiary/aromatic N) is 7. The first-order valence-corrected chi connectivity index (χ1v) is 6.65. The fourth-order valence-electron chi connectivity index (χ4n) is 1.72. The van der Waals surface area contributed by atoms with E-state index in [2.05, 4.69) is 25.1 Å². The summed E-state index contributed by atoms with van der Waals surface area (Å²) in [4.78, 5) is 20.6. The Morgan fingerprint density at radius 1 is 1.00 bits per heavy atom. The van der Waals surface area contributed by atoms with Crippen LogP contribution in [0.3, 0.4) is 0 Å². The molecule has 0 aliphatic heterocycles. The molecule has 0 spiro atoms. The SMILES string of the molecule is CCc1noc(CN(C)Cc2nc(N)nc(N(C)C)n2)n1. The molecule has 0 radical (unpaired) electrons. The summed E-state index contributed by atoms with van der Waals surface area (Å²) in [6.07, 6.45) is 0.753. The van der Waals surface area contributed by atoms with Crippen molar-refractivity contribution >= 4 is 11.9 Å². The molecule has 0 fully saturated rings. The molecule has 0 saturated heterocycles. The Morgan fingerprint density at radius 3 is 2.38 bits per heavy atom. The second kappa shape index (κ2) is 6.44. The highest BCUT2D eigenvalue weighted by Crippen LogP contribution is 2.09. The van der Waals surface area contributed by atoms with Crippen LogP contribution in [0.1, 0.15) is 24.5 Å². The normalized spacial score (nSPS) is 11.1. The van der Waals surface area contributed by atoms with Gasteiger partial charge < -0.3 is 15.2 Å². The van der Waals surface area contributed by atoms with Crippen LogP contribution in [0.5, 0.6) is 0 Å². The first-order chi connectivity index (χ1) is 9.97. The smallest absolute Gasteiger partial charge is 0.240 e. The van der Waals surface area contributed by atoms with Gasteiger partial charge in [0.1, 0.15) is 5.82 Å². The van der Waals surface area contributed by atoms with Crippen LogP contribution in [0.4, 0.5) is 11.9 Å². The van der Waals surface area contributed by atoms with Crippen molar-refractivity contribution in [3.8, 4) is 0 Å². The lowest BCUT2D eigenvalue weighted by atomic mass is 10.4. The highest BCUT2D eigenvalue weighted by molar-refractivity contribution is 5.32. The maximum Gasteiger partial charge on any atom is 0.240 e. The zero-order valence-electron chi connectivity index (χ0n) is 12.7. The summed E-state index contributed by atoms with van der Waals surface area (Å²) in [5.74, 6) is 2.63. The van der Waals surface area contributed by atoms with Crippen molar-refractivity contribution in [2.75, 3.05) is 31.8 Å². The van der Waals surface area contributed by atoms with Crippen LogP contribution < -0.4 is 10.6 Å². The Labute approximate surface area is 123 Å². The number of hydrogen-bond donors (Lipinski definition) is 1. The van der Waals surface area contributed by atoms with Gasteiger partial charge in [0.05, 0.1) is 13.1 Å². The molecule has 0 bridgehead atoms. The summed E-state index contributed by atoms with van der Waals surface area (Å²) in [5, 5.41) is 3.87. The monoisotopic (exact) mass is 292 g/mol. The molecule has 0 saturated carbocycles. The average molecular weight is 292 g/mol. The molecule has 2 rings (SSSR count). The molecule has 0 unspecified atom stereocenters. The molecule has 0 atom stereocenters. The Morgan fingerprint density at radius 2 is 1.76 bits per heavy atom. The zero-order chi connectivity index (χ0) is 15.4. The van der Waals surface area contributed by atoms with Crippen molar-refractivity contribution in [2.45, 2.75) is 26.4 Å². The number of anilines is 2. The van der Waals surface area contributed by atoms with Gasteiger partial charge in [-0.2, -0.15) is 19.9 Å². The highest BCUT2D eigenvalue weighted by Gasteiger charge is 2.12. The van der Waals surface area contributed by atoms with E-state index in [4.69, 9.17) is 10.3 Å². The number of rotatable bonds is 6. The fraction of sp³-hybridized carbons (Fsp3) is 0.583. The molecule has 2 N–H and O–H groups in total. The Kier molecular flexibility index (Phi) is 4.63. The number of aryl methyl sites for hydroxylation is 1. The van der Waals surface area contributed by atoms with E-state index in [1.165, 1.54) is 0 Å². The van der Waals surface area contributed by atoms with Crippen LogP contribution in [0.25, 0.3) is 0 Å². The topological polar surface area (TPSA) is 110 Å². The Balaban J connectivity index is 2.03. The molecule has 9 heteroatoms. The number of nitrogen functional groups attached to an aromatic ring is 1. The van der Waals surface area contributed by atoms with Gasteiger partial charge in [-0.15, -0.1) is 0 Å². The van der Waals surface area contributed by atoms with Crippen molar-refractivity contribution in [1.82, 2.24) is 30.0 Å². The van der Waals surface area contributed by atoms with Gasteiger partial charge in [-0.05, 0) is 7.05 Å². The summed E-state index contributed by atoms with van der Waals surface area (Å²) >= 11 is 0. The maximum absolute atomic E-state index is 5.70. The molecular weight excluding hydrogens is 272 g/mol. The van der Waals surface area contributed by atoms with Crippen molar-refractivity contribution in [3.05, 3.63) is 17.5 Å².